The fourth-order valence-corrected chi connectivity index (χ4v) is 4.33. The molecule has 2 aliphatic heterocycles. The smallest absolute Gasteiger partial charge is 0.295 e. The van der Waals surface area contributed by atoms with E-state index in [1.54, 1.807) is 30.3 Å². The number of Topliss-reactive ketones (excluding diaryl/α,β-unsaturated/α-hetero) is 1. The molecule has 2 aromatic rings. The molecule has 0 aromatic heterocycles. The quantitative estimate of drug-likeness (QED) is 0.372. The van der Waals surface area contributed by atoms with Crippen LogP contribution in [0.4, 0.5) is 4.39 Å². The van der Waals surface area contributed by atoms with Gasteiger partial charge in [-0.05, 0) is 50.3 Å². The molecule has 7 nitrogen and oxygen atoms in total. The minimum absolute atomic E-state index is 0.0612. The van der Waals surface area contributed by atoms with Crippen LogP contribution >= 0.6 is 0 Å². The number of benzene rings is 2. The van der Waals surface area contributed by atoms with Crippen LogP contribution in [-0.2, 0) is 9.59 Å². The molecule has 0 aliphatic carbocycles. The number of aliphatic hydroxyl groups excluding tert-OH is 1. The van der Waals surface area contributed by atoms with Crippen molar-refractivity contribution in [3.05, 3.63) is 65.0 Å². The van der Waals surface area contributed by atoms with Gasteiger partial charge in [-0.15, -0.1) is 0 Å². The topological polar surface area (TPSA) is 79.3 Å². The van der Waals surface area contributed by atoms with Crippen LogP contribution in [0.5, 0.6) is 11.5 Å². The van der Waals surface area contributed by atoms with Crippen molar-refractivity contribution in [2.24, 2.45) is 0 Å². The standard InChI is InChI=1S/C25H27FN2O5/c1-3-27(4-2)12-7-13-28-22(17-8-5-6-9-18(17)26)21(24(30)25(28)31)23(29)16-10-11-19-20(14-16)33-15-32-19/h5-6,8-11,14,22,29H,3-4,7,12-13,15H2,1-2H3/b23-21+. The molecule has 1 atom stereocenters. The van der Waals surface area contributed by atoms with Crippen LogP contribution in [0.2, 0.25) is 0 Å². The van der Waals surface area contributed by atoms with Gasteiger partial charge in [0.05, 0.1) is 11.6 Å². The SMILES string of the molecule is CCN(CC)CCCN1C(=O)C(=O)/C(=C(/O)c2ccc3c(c2)OCO3)C1c1ccccc1F. The van der Waals surface area contributed by atoms with E-state index >= 15 is 0 Å². The van der Waals surface area contributed by atoms with E-state index < -0.39 is 23.5 Å². The molecule has 2 aliphatic rings. The Morgan fingerprint density at radius 2 is 1.85 bits per heavy atom. The summed E-state index contributed by atoms with van der Waals surface area (Å²) in [5, 5.41) is 11.1. The highest BCUT2D eigenvalue weighted by atomic mass is 19.1. The number of amides is 1. The van der Waals surface area contributed by atoms with Gasteiger partial charge >= 0.3 is 0 Å². The minimum Gasteiger partial charge on any atom is -0.507 e. The highest BCUT2D eigenvalue weighted by molar-refractivity contribution is 6.46. The zero-order chi connectivity index (χ0) is 23.5. The fraction of sp³-hybridized carbons (Fsp3) is 0.360. The zero-order valence-corrected chi connectivity index (χ0v) is 18.7. The Bertz CT molecular complexity index is 1100. The minimum atomic E-state index is -1.02. The Labute approximate surface area is 192 Å². The van der Waals surface area contributed by atoms with Crippen LogP contribution in [0.3, 0.4) is 0 Å². The maximum Gasteiger partial charge on any atom is 0.295 e. The number of likely N-dealkylation sites (tertiary alicyclic amines) is 1. The van der Waals surface area contributed by atoms with Gasteiger partial charge in [0, 0.05) is 17.7 Å². The average molecular weight is 454 g/mol. The number of hydrogen-bond acceptors (Lipinski definition) is 6. The molecule has 2 heterocycles. The second-order valence-corrected chi connectivity index (χ2v) is 7.96. The monoisotopic (exact) mass is 454 g/mol. The third-order valence-corrected chi connectivity index (χ3v) is 6.15. The Balaban J connectivity index is 1.75. The van der Waals surface area contributed by atoms with Gasteiger partial charge in [0.15, 0.2) is 11.5 Å². The number of carbonyl (C=O) groups is 2. The summed E-state index contributed by atoms with van der Waals surface area (Å²) in [6.45, 7) is 6.92. The number of rotatable bonds is 8. The largest absolute Gasteiger partial charge is 0.507 e. The second-order valence-electron chi connectivity index (χ2n) is 7.96. The normalized spacial score (nSPS) is 19.0. The van der Waals surface area contributed by atoms with Crippen molar-refractivity contribution in [2.45, 2.75) is 26.3 Å². The summed E-state index contributed by atoms with van der Waals surface area (Å²) >= 11 is 0. The molecule has 8 heteroatoms. The molecule has 1 saturated heterocycles. The van der Waals surface area contributed by atoms with Gasteiger partial charge in [0.2, 0.25) is 6.79 Å². The zero-order valence-electron chi connectivity index (χ0n) is 18.7. The Morgan fingerprint density at radius 3 is 2.58 bits per heavy atom. The van der Waals surface area contributed by atoms with Crippen molar-refractivity contribution in [1.82, 2.24) is 9.80 Å². The number of aliphatic hydroxyl groups is 1. The van der Waals surface area contributed by atoms with Gasteiger partial charge in [-0.3, -0.25) is 9.59 Å². The molecule has 174 valence electrons. The maximum absolute atomic E-state index is 14.8. The highest BCUT2D eigenvalue weighted by Gasteiger charge is 2.46. The number of fused-ring (bicyclic) bond motifs is 1. The molecule has 1 amide bonds. The van der Waals surface area contributed by atoms with E-state index in [9.17, 15) is 19.1 Å². The van der Waals surface area contributed by atoms with Gasteiger partial charge in [-0.25, -0.2) is 4.39 Å². The molecule has 0 bridgehead atoms. The molecule has 33 heavy (non-hydrogen) atoms. The lowest BCUT2D eigenvalue weighted by Crippen LogP contribution is -2.33. The van der Waals surface area contributed by atoms with Gasteiger partial charge in [0.25, 0.3) is 11.7 Å². The lowest BCUT2D eigenvalue weighted by molar-refractivity contribution is -0.140. The summed E-state index contributed by atoms with van der Waals surface area (Å²) in [6.07, 6.45) is 0.615. The molecular weight excluding hydrogens is 427 g/mol. The molecular formula is C25H27FN2O5. The predicted octanol–water partition coefficient (Wildman–Crippen LogP) is 3.71. The maximum atomic E-state index is 14.8. The van der Waals surface area contributed by atoms with Gasteiger partial charge in [0.1, 0.15) is 11.6 Å². The number of ketones is 1. The molecule has 1 unspecified atom stereocenters. The number of carbonyl (C=O) groups excluding carboxylic acids is 2. The molecule has 1 N–H and O–H groups in total. The number of ether oxygens (including phenoxy) is 2. The number of hydrogen-bond donors (Lipinski definition) is 1. The summed E-state index contributed by atoms with van der Waals surface area (Å²) in [5.74, 6) is -1.55. The third-order valence-electron chi connectivity index (χ3n) is 6.15. The van der Waals surface area contributed by atoms with Crippen molar-refractivity contribution in [3.63, 3.8) is 0 Å². The van der Waals surface area contributed by atoms with E-state index in [-0.39, 0.29) is 30.2 Å². The van der Waals surface area contributed by atoms with Crippen LogP contribution < -0.4 is 9.47 Å². The first-order valence-electron chi connectivity index (χ1n) is 11.1. The van der Waals surface area contributed by atoms with E-state index in [2.05, 4.69) is 18.7 Å². The van der Waals surface area contributed by atoms with E-state index in [4.69, 9.17) is 9.47 Å². The van der Waals surface area contributed by atoms with E-state index in [1.807, 2.05) is 0 Å². The number of halogens is 1. The van der Waals surface area contributed by atoms with Gasteiger partial charge < -0.3 is 24.4 Å². The van der Waals surface area contributed by atoms with Crippen LogP contribution in [0, 0.1) is 5.82 Å². The summed E-state index contributed by atoms with van der Waals surface area (Å²) in [5.41, 5.74) is 0.329. The predicted molar refractivity (Wildman–Crippen MR) is 120 cm³/mol. The van der Waals surface area contributed by atoms with Crippen LogP contribution in [0.1, 0.15) is 37.4 Å². The molecule has 4 rings (SSSR count). The van der Waals surface area contributed by atoms with E-state index in [1.165, 1.54) is 17.0 Å². The molecule has 0 saturated carbocycles. The second kappa shape index (κ2) is 9.62. The van der Waals surface area contributed by atoms with Crippen LogP contribution in [-0.4, -0.2) is 59.6 Å². The molecule has 2 aromatic carbocycles. The Hall–Kier alpha value is -3.39. The fourth-order valence-electron chi connectivity index (χ4n) is 4.33. The van der Waals surface area contributed by atoms with Gasteiger partial charge in [-0.2, -0.15) is 0 Å². The summed E-state index contributed by atoms with van der Waals surface area (Å²) in [7, 11) is 0. The first kappa shape index (κ1) is 22.8. The third kappa shape index (κ3) is 4.30. The first-order chi connectivity index (χ1) is 16.0. The molecule has 0 spiro atoms. The van der Waals surface area contributed by atoms with Crippen LogP contribution in [0.15, 0.2) is 48.0 Å². The van der Waals surface area contributed by atoms with Crippen LogP contribution in [0.25, 0.3) is 5.76 Å². The first-order valence-corrected chi connectivity index (χ1v) is 11.1. The molecule has 1 fully saturated rings. The van der Waals surface area contributed by atoms with Crippen molar-refractivity contribution in [1.29, 1.82) is 0 Å². The molecule has 0 radical (unpaired) electrons. The van der Waals surface area contributed by atoms with E-state index in [0.29, 0.717) is 23.5 Å². The Kier molecular flexibility index (Phi) is 6.65. The lowest BCUT2D eigenvalue weighted by atomic mass is 9.94. The summed E-state index contributed by atoms with van der Waals surface area (Å²) < 4.78 is 25.5. The number of nitrogens with zero attached hydrogens (tertiary/aromatic N) is 2. The van der Waals surface area contributed by atoms with Crippen molar-refractivity contribution >= 4 is 17.4 Å². The Morgan fingerprint density at radius 1 is 1.12 bits per heavy atom. The highest BCUT2D eigenvalue weighted by Crippen LogP contribution is 2.42. The van der Waals surface area contributed by atoms with Crippen molar-refractivity contribution in [3.8, 4) is 11.5 Å². The van der Waals surface area contributed by atoms with Crippen molar-refractivity contribution in [2.75, 3.05) is 33.0 Å². The summed E-state index contributed by atoms with van der Waals surface area (Å²) in [4.78, 5) is 29.6. The average Bonchev–Trinajstić information content (AvgIpc) is 3.39. The van der Waals surface area contributed by atoms with Crippen molar-refractivity contribution < 1.29 is 28.6 Å². The van der Waals surface area contributed by atoms with E-state index in [0.717, 1.165) is 19.6 Å². The van der Waals surface area contributed by atoms with Gasteiger partial charge in [-0.1, -0.05) is 32.0 Å². The lowest BCUT2D eigenvalue weighted by Gasteiger charge is -2.27. The summed E-state index contributed by atoms with van der Waals surface area (Å²) in [6, 6.07) is 9.74.